The van der Waals surface area contributed by atoms with Gasteiger partial charge in [-0.25, -0.2) is 0 Å². The standard InChI is InChI=1S/C20H26N4O4S/c1-14(2)22-20(25)15-5-6-16(17(12-15)24(26)27)21-13-18(19-4-3-11-29-19)23-7-9-28-10-8-23/h3-6,11-12,14,18,21H,7-10,13H2,1-2H3,(H,22,25). The second kappa shape index (κ2) is 9.82. The number of amides is 1. The molecular weight excluding hydrogens is 392 g/mol. The van der Waals surface area contributed by atoms with Crippen LogP contribution in [0.4, 0.5) is 11.4 Å². The molecule has 1 saturated heterocycles. The third-order valence-electron chi connectivity index (χ3n) is 4.72. The first-order chi connectivity index (χ1) is 14.0. The SMILES string of the molecule is CC(C)NC(=O)c1ccc(NCC(c2cccs2)N2CCOCC2)c([N+](=O)[O-])c1. The number of nitrogens with one attached hydrogen (secondary N) is 2. The molecule has 8 nitrogen and oxygen atoms in total. The van der Waals surface area contributed by atoms with Gasteiger partial charge in [0, 0.05) is 42.2 Å². The Bertz CT molecular complexity index is 835. The van der Waals surface area contributed by atoms with E-state index in [9.17, 15) is 14.9 Å². The Balaban J connectivity index is 1.78. The lowest BCUT2D eigenvalue weighted by molar-refractivity contribution is -0.384. The minimum Gasteiger partial charge on any atom is -0.379 e. The number of morpholine rings is 1. The fourth-order valence-electron chi connectivity index (χ4n) is 3.31. The third kappa shape index (κ3) is 5.53. The molecule has 0 saturated carbocycles. The molecule has 1 aromatic heterocycles. The van der Waals surface area contributed by atoms with Crippen LogP contribution in [0.3, 0.4) is 0 Å². The lowest BCUT2D eigenvalue weighted by Crippen LogP contribution is -2.41. The molecule has 2 N–H and O–H groups in total. The fourth-order valence-corrected chi connectivity index (χ4v) is 4.17. The van der Waals surface area contributed by atoms with Crippen molar-refractivity contribution >= 4 is 28.6 Å². The monoisotopic (exact) mass is 418 g/mol. The van der Waals surface area contributed by atoms with Crippen molar-refractivity contribution in [3.05, 3.63) is 56.3 Å². The zero-order valence-electron chi connectivity index (χ0n) is 16.6. The summed E-state index contributed by atoms with van der Waals surface area (Å²) in [5.41, 5.74) is 0.582. The number of nitro groups is 1. The molecule has 0 spiro atoms. The smallest absolute Gasteiger partial charge is 0.293 e. The van der Waals surface area contributed by atoms with E-state index < -0.39 is 4.92 Å². The number of hydrogen-bond donors (Lipinski definition) is 2. The molecule has 1 fully saturated rings. The largest absolute Gasteiger partial charge is 0.379 e. The number of ether oxygens (including phenoxy) is 1. The van der Waals surface area contributed by atoms with E-state index in [-0.39, 0.29) is 29.2 Å². The van der Waals surface area contributed by atoms with E-state index in [1.807, 2.05) is 25.3 Å². The second-order valence-electron chi connectivity index (χ2n) is 7.18. The van der Waals surface area contributed by atoms with Gasteiger partial charge < -0.3 is 15.4 Å². The van der Waals surface area contributed by atoms with Gasteiger partial charge in [0.1, 0.15) is 5.69 Å². The van der Waals surface area contributed by atoms with Crippen molar-refractivity contribution in [3.63, 3.8) is 0 Å². The minimum absolute atomic E-state index is 0.0422. The molecule has 1 aromatic carbocycles. The van der Waals surface area contributed by atoms with E-state index in [1.165, 1.54) is 10.9 Å². The number of carbonyl (C=O) groups is 1. The van der Waals surface area contributed by atoms with Gasteiger partial charge in [0.15, 0.2) is 0 Å². The van der Waals surface area contributed by atoms with E-state index in [4.69, 9.17) is 4.74 Å². The maximum Gasteiger partial charge on any atom is 0.293 e. The molecule has 1 aliphatic rings. The first-order valence-electron chi connectivity index (χ1n) is 9.64. The highest BCUT2D eigenvalue weighted by Crippen LogP contribution is 2.30. The molecule has 0 radical (unpaired) electrons. The van der Waals surface area contributed by atoms with Crippen molar-refractivity contribution in [2.45, 2.75) is 25.9 Å². The van der Waals surface area contributed by atoms with E-state index in [0.29, 0.717) is 25.4 Å². The van der Waals surface area contributed by atoms with Gasteiger partial charge in [0.2, 0.25) is 0 Å². The average Bonchev–Trinajstić information content (AvgIpc) is 3.23. The van der Waals surface area contributed by atoms with Crippen molar-refractivity contribution < 1.29 is 14.5 Å². The zero-order valence-corrected chi connectivity index (χ0v) is 17.4. The summed E-state index contributed by atoms with van der Waals surface area (Å²) in [6.07, 6.45) is 0. The van der Waals surface area contributed by atoms with Crippen LogP contribution in [0.2, 0.25) is 0 Å². The van der Waals surface area contributed by atoms with Crippen LogP contribution in [-0.4, -0.2) is 54.6 Å². The predicted octanol–water partition coefficient (Wildman–Crippen LogP) is 3.28. The van der Waals surface area contributed by atoms with Crippen LogP contribution in [0.5, 0.6) is 0 Å². The quantitative estimate of drug-likeness (QED) is 0.504. The number of carbonyl (C=O) groups excluding carboxylic acids is 1. The Labute approximate surface area is 174 Å². The molecule has 1 unspecified atom stereocenters. The summed E-state index contributed by atoms with van der Waals surface area (Å²) in [5.74, 6) is -0.320. The van der Waals surface area contributed by atoms with Gasteiger partial charge in [-0.05, 0) is 37.4 Å². The maximum absolute atomic E-state index is 12.2. The van der Waals surface area contributed by atoms with E-state index in [2.05, 4.69) is 21.6 Å². The van der Waals surface area contributed by atoms with Gasteiger partial charge in [0.05, 0.1) is 24.2 Å². The predicted molar refractivity (Wildman–Crippen MR) is 114 cm³/mol. The number of rotatable bonds is 8. The molecule has 9 heteroatoms. The average molecular weight is 419 g/mol. The Morgan fingerprint density at radius 3 is 2.69 bits per heavy atom. The Morgan fingerprint density at radius 2 is 2.07 bits per heavy atom. The van der Waals surface area contributed by atoms with Gasteiger partial charge in [-0.2, -0.15) is 0 Å². The van der Waals surface area contributed by atoms with Crippen LogP contribution in [0.15, 0.2) is 35.7 Å². The van der Waals surface area contributed by atoms with Crippen LogP contribution in [0, 0.1) is 10.1 Å². The Morgan fingerprint density at radius 1 is 1.31 bits per heavy atom. The highest BCUT2D eigenvalue weighted by Gasteiger charge is 2.25. The van der Waals surface area contributed by atoms with Crippen molar-refractivity contribution in [2.75, 3.05) is 38.2 Å². The first-order valence-corrected chi connectivity index (χ1v) is 10.5. The van der Waals surface area contributed by atoms with Crippen LogP contribution < -0.4 is 10.6 Å². The molecule has 1 amide bonds. The van der Waals surface area contributed by atoms with Crippen LogP contribution in [-0.2, 0) is 4.74 Å². The number of nitro benzene ring substituents is 1. The van der Waals surface area contributed by atoms with Gasteiger partial charge >= 0.3 is 0 Å². The molecule has 0 bridgehead atoms. The normalized spacial score (nSPS) is 15.8. The number of thiophene rings is 1. The summed E-state index contributed by atoms with van der Waals surface area (Å²) in [6.45, 7) is 7.22. The van der Waals surface area contributed by atoms with Gasteiger partial charge in [-0.15, -0.1) is 11.3 Å². The van der Waals surface area contributed by atoms with Gasteiger partial charge in [0.25, 0.3) is 11.6 Å². The topological polar surface area (TPSA) is 96.7 Å². The summed E-state index contributed by atoms with van der Waals surface area (Å²) in [6, 6.07) is 8.70. The summed E-state index contributed by atoms with van der Waals surface area (Å²) >= 11 is 1.67. The minimum atomic E-state index is -0.455. The third-order valence-corrected chi connectivity index (χ3v) is 5.69. The molecule has 2 aromatic rings. The molecule has 1 atom stereocenters. The number of hydrogen-bond acceptors (Lipinski definition) is 7. The molecule has 29 heavy (non-hydrogen) atoms. The number of anilines is 1. The zero-order chi connectivity index (χ0) is 20.8. The number of nitrogens with zero attached hydrogens (tertiary/aromatic N) is 2. The highest BCUT2D eigenvalue weighted by atomic mass is 32.1. The lowest BCUT2D eigenvalue weighted by Gasteiger charge is -2.34. The molecule has 2 heterocycles. The Kier molecular flexibility index (Phi) is 7.18. The van der Waals surface area contributed by atoms with Crippen molar-refractivity contribution in [1.29, 1.82) is 0 Å². The summed E-state index contributed by atoms with van der Waals surface area (Å²) < 4.78 is 5.46. The molecule has 156 valence electrons. The molecular formula is C20H26N4O4S. The van der Waals surface area contributed by atoms with Crippen LogP contribution >= 0.6 is 11.3 Å². The first kappa shape index (κ1) is 21.2. The van der Waals surface area contributed by atoms with E-state index >= 15 is 0 Å². The molecule has 1 aliphatic heterocycles. The van der Waals surface area contributed by atoms with Crippen LogP contribution in [0.1, 0.15) is 35.1 Å². The van der Waals surface area contributed by atoms with E-state index in [1.54, 1.807) is 23.5 Å². The maximum atomic E-state index is 12.2. The highest BCUT2D eigenvalue weighted by molar-refractivity contribution is 7.10. The summed E-state index contributed by atoms with van der Waals surface area (Å²) in [4.78, 5) is 26.9. The summed E-state index contributed by atoms with van der Waals surface area (Å²) in [5, 5.41) is 19.6. The van der Waals surface area contributed by atoms with E-state index in [0.717, 1.165) is 13.1 Å². The van der Waals surface area contributed by atoms with Crippen molar-refractivity contribution in [1.82, 2.24) is 10.2 Å². The summed E-state index contributed by atoms with van der Waals surface area (Å²) in [7, 11) is 0. The van der Waals surface area contributed by atoms with Gasteiger partial charge in [-0.3, -0.25) is 19.8 Å². The van der Waals surface area contributed by atoms with Crippen molar-refractivity contribution in [3.8, 4) is 0 Å². The van der Waals surface area contributed by atoms with Crippen LogP contribution in [0.25, 0.3) is 0 Å². The Hall–Kier alpha value is -2.49. The van der Waals surface area contributed by atoms with Gasteiger partial charge in [-0.1, -0.05) is 6.07 Å². The second-order valence-corrected chi connectivity index (χ2v) is 8.16. The lowest BCUT2D eigenvalue weighted by atomic mass is 10.1. The fraction of sp³-hybridized carbons (Fsp3) is 0.450. The molecule has 0 aliphatic carbocycles. The number of benzene rings is 1. The van der Waals surface area contributed by atoms with Crippen molar-refractivity contribution in [2.24, 2.45) is 0 Å². The molecule has 3 rings (SSSR count).